The molecule has 0 aliphatic heterocycles. The van der Waals surface area contributed by atoms with E-state index in [2.05, 4.69) is 4.98 Å². The summed E-state index contributed by atoms with van der Waals surface area (Å²) in [7, 11) is 0. The van der Waals surface area contributed by atoms with Crippen LogP contribution >= 0.6 is 0 Å². The predicted molar refractivity (Wildman–Crippen MR) is 59.8 cm³/mol. The fraction of sp³-hybridized carbons (Fsp3) is 0.0769. The van der Waals surface area contributed by atoms with E-state index in [1.165, 1.54) is 5.56 Å². The van der Waals surface area contributed by atoms with E-state index >= 15 is 0 Å². The van der Waals surface area contributed by atoms with E-state index < -0.39 is 0 Å². The molecule has 0 atom stereocenters. The lowest BCUT2D eigenvalue weighted by molar-refractivity contribution is 0.112. The lowest BCUT2D eigenvalue weighted by Gasteiger charge is -2.04. The Kier molecular flexibility index (Phi) is 2.59. The molecule has 2 nitrogen and oxygen atoms in total. The van der Waals surface area contributed by atoms with E-state index in [4.69, 9.17) is 0 Å². The summed E-state index contributed by atoms with van der Waals surface area (Å²) in [5.41, 5.74) is 4.07. The highest BCUT2D eigenvalue weighted by atomic mass is 16.1. The number of hydrogen-bond donors (Lipinski definition) is 0. The molecule has 0 saturated carbocycles. The van der Waals surface area contributed by atoms with Gasteiger partial charge in [0.2, 0.25) is 0 Å². The summed E-state index contributed by atoms with van der Waals surface area (Å²) in [6, 6.07) is 9.48. The average Bonchev–Trinajstić information content (AvgIpc) is 2.30. The number of carbonyl (C=O) groups excluding carboxylic acids is 1. The molecule has 1 aromatic carbocycles. The summed E-state index contributed by atoms with van der Waals surface area (Å²) in [6.45, 7) is 2.05. The maximum absolute atomic E-state index is 10.5. The summed E-state index contributed by atoms with van der Waals surface area (Å²) in [6.07, 6.45) is 4.46. The smallest absolute Gasteiger partial charge is 0.150 e. The first-order valence-corrected chi connectivity index (χ1v) is 4.77. The normalized spacial score (nSPS) is 9.93. The molecular formula is C13H11NO. The third-order valence-electron chi connectivity index (χ3n) is 2.40. The molecule has 0 bridgehead atoms. The topological polar surface area (TPSA) is 30.0 Å². The van der Waals surface area contributed by atoms with Gasteiger partial charge in [-0.15, -0.1) is 0 Å². The van der Waals surface area contributed by atoms with Crippen LogP contribution in [0.5, 0.6) is 0 Å². The highest BCUT2D eigenvalue weighted by Gasteiger charge is 2.00. The van der Waals surface area contributed by atoms with E-state index in [1.807, 2.05) is 43.5 Å². The lowest BCUT2D eigenvalue weighted by atomic mass is 10.0. The van der Waals surface area contributed by atoms with Crippen LogP contribution in [0.2, 0.25) is 0 Å². The summed E-state index contributed by atoms with van der Waals surface area (Å²) >= 11 is 0. The molecule has 0 aliphatic carbocycles. The standard InChI is InChI=1S/C13H11NO/c1-10-6-7-14-8-13(10)12-4-2-11(9-15)3-5-12/h2-9H,1H3. The number of aromatic nitrogens is 1. The second kappa shape index (κ2) is 4.05. The first kappa shape index (κ1) is 9.59. The van der Waals surface area contributed by atoms with Crippen LogP contribution in [0.3, 0.4) is 0 Å². The van der Waals surface area contributed by atoms with E-state index in [-0.39, 0.29) is 0 Å². The summed E-state index contributed by atoms with van der Waals surface area (Å²) < 4.78 is 0. The number of pyridine rings is 1. The lowest BCUT2D eigenvalue weighted by Crippen LogP contribution is -1.85. The largest absolute Gasteiger partial charge is 0.298 e. The van der Waals surface area contributed by atoms with Crippen molar-refractivity contribution in [2.75, 3.05) is 0 Å². The predicted octanol–water partition coefficient (Wildman–Crippen LogP) is 2.87. The average molecular weight is 197 g/mol. The fourth-order valence-electron chi connectivity index (χ4n) is 1.51. The van der Waals surface area contributed by atoms with Crippen molar-refractivity contribution in [2.24, 2.45) is 0 Å². The Hall–Kier alpha value is -1.96. The minimum Gasteiger partial charge on any atom is -0.298 e. The van der Waals surface area contributed by atoms with Crippen molar-refractivity contribution in [2.45, 2.75) is 6.92 Å². The van der Waals surface area contributed by atoms with Crippen LogP contribution in [-0.4, -0.2) is 11.3 Å². The Morgan fingerprint density at radius 2 is 1.87 bits per heavy atom. The van der Waals surface area contributed by atoms with E-state index in [9.17, 15) is 4.79 Å². The Bertz CT molecular complexity index is 474. The molecule has 2 aromatic rings. The van der Waals surface area contributed by atoms with Gasteiger partial charge < -0.3 is 0 Å². The Labute approximate surface area is 88.6 Å². The highest BCUT2D eigenvalue weighted by molar-refractivity contribution is 5.77. The molecule has 74 valence electrons. The van der Waals surface area contributed by atoms with Crippen LogP contribution in [0.1, 0.15) is 15.9 Å². The van der Waals surface area contributed by atoms with E-state index in [0.29, 0.717) is 5.56 Å². The minimum absolute atomic E-state index is 0.695. The first-order chi connectivity index (χ1) is 7.31. The summed E-state index contributed by atoms with van der Waals surface area (Å²) in [5, 5.41) is 0. The van der Waals surface area contributed by atoms with Crippen LogP contribution in [-0.2, 0) is 0 Å². The third-order valence-corrected chi connectivity index (χ3v) is 2.40. The summed E-state index contributed by atoms with van der Waals surface area (Å²) in [4.78, 5) is 14.6. The summed E-state index contributed by atoms with van der Waals surface area (Å²) in [5.74, 6) is 0. The maximum Gasteiger partial charge on any atom is 0.150 e. The van der Waals surface area contributed by atoms with Gasteiger partial charge in [0, 0.05) is 23.5 Å². The number of rotatable bonds is 2. The minimum atomic E-state index is 0.695. The van der Waals surface area contributed by atoms with Crippen molar-refractivity contribution < 1.29 is 4.79 Å². The molecule has 2 heteroatoms. The molecule has 0 N–H and O–H groups in total. The van der Waals surface area contributed by atoms with Gasteiger partial charge >= 0.3 is 0 Å². The fourth-order valence-corrected chi connectivity index (χ4v) is 1.51. The van der Waals surface area contributed by atoms with Crippen molar-refractivity contribution in [3.05, 3.63) is 53.9 Å². The molecule has 0 radical (unpaired) electrons. The molecular weight excluding hydrogens is 186 g/mol. The van der Waals surface area contributed by atoms with E-state index in [1.54, 1.807) is 6.20 Å². The Morgan fingerprint density at radius 1 is 1.13 bits per heavy atom. The van der Waals surface area contributed by atoms with Crippen LogP contribution < -0.4 is 0 Å². The molecule has 0 amide bonds. The monoisotopic (exact) mass is 197 g/mol. The van der Waals surface area contributed by atoms with Gasteiger partial charge in [-0.2, -0.15) is 0 Å². The third kappa shape index (κ3) is 1.94. The van der Waals surface area contributed by atoms with Gasteiger partial charge in [0.15, 0.2) is 0 Å². The number of aldehydes is 1. The Balaban J connectivity index is 2.46. The highest BCUT2D eigenvalue weighted by Crippen LogP contribution is 2.21. The second-order valence-corrected chi connectivity index (χ2v) is 3.43. The van der Waals surface area contributed by atoms with Crippen molar-refractivity contribution in [3.8, 4) is 11.1 Å². The molecule has 1 heterocycles. The number of aryl methyl sites for hydroxylation is 1. The zero-order valence-electron chi connectivity index (χ0n) is 8.47. The van der Waals surface area contributed by atoms with Crippen molar-refractivity contribution >= 4 is 6.29 Å². The van der Waals surface area contributed by atoms with Gasteiger partial charge in [0.1, 0.15) is 6.29 Å². The van der Waals surface area contributed by atoms with Gasteiger partial charge in [0.05, 0.1) is 0 Å². The van der Waals surface area contributed by atoms with Crippen molar-refractivity contribution in [1.82, 2.24) is 4.98 Å². The van der Waals surface area contributed by atoms with Gasteiger partial charge in [0.25, 0.3) is 0 Å². The first-order valence-electron chi connectivity index (χ1n) is 4.77. The molecule has 0 unspecified atom stereocenters. The molecule has 0 saturated heterocycles. The van der Waals surface area contributed by atoms with E-state index in [0.717, 1.165) is 17.4 Å². The maximum atomic E-state index is 10.5. The number of hydrogen-bond acceptors (Lipinski definition) is 2. The van der Waals surface area contributed by atoms with Gasteiger partial charge in [-0.3, -0.25) is 9.78 Å². The molecule has 1 aromatic heterocycles. The van der Waals surface area contributed by atoms with Gasteiger partial charge in [-0.05, 0) is 24.1 Å². The number of carbonyl (C=O) groups is 1. The molecule has 0 aliphatic rings. The van der Waals surface area contributed by atoms with Crippen molar-refractivity contribution in [1.29, 1.82) is 0 Å². The Morgan fingerprint density at radius 3 is 2.47 bits per heavy atom. The van der Waals surface area contributed by atoms with Gasteiger partial charge in [-0.25, -0.2) is 0 Å². The van der Waals surface area contributed by atoms with Gasteiger partial charge in [-0.1, -0.05) is 24.3 Å². The van der Waals surface area contributed by atoms with Crippen molar-refractivity contribution in [3.63, 3.8) is 0 Å². The molecule has 0 spiro atoms. The van der Waals surface area contributed by atoms with Crippen LogP contribution in [0.4, 0.5) is 0 Å². The van der Waals surface area contributed by atoms with Crippen LogP contribution in [0.25, 0.3) is 11.1 Å². The SMILES string of the molecule is Cc1ccncc1-c1ccc(C=O)cc1. The molecule has 15 heavy (non-hydrogen) atoms. The number of nitrogens with zero attached hydrogens (tertiary/aromatic N) is 1. The molecule has 2 rings (SSSR count). The van der Waals surface area contributed by atoms with Crippen LogP contribution in [0, 0.1) is 6.92 Å². The number of benzene rings is 1. The zero-order valence-corrected chi connectivity index (χ0v) is 8.47. The zero-order chi connectivity index (χ0) is 10.7. The second-order valence-electron chi connectivity index (χ2n) is 3.43. The molecule has 0 fully saturated rings. The quantitative estimate of drug-likeness (QED) is 0.693. The van der Waals surface area contributed by atoms with Crippen LogP contribution in [0.15, 0.2) is 42.7 Å².